The Hall–Kier alpha value is -2.71. The van der Waals surface area contributed by atoms with Crippen molar-refractivity contribution in [3.05, 3.63) is 58.1 Å². The molecule has 0 saturated carbocycles. The van der Waals surface area contributed by atoms with Crippen molar-refractivity contribution in [2.75, 3.05) is 18.1 Å². The third kappa shape index (κ3) is 4.65. The number of anilines is 1. The molecular formula is C23H28N2O5S. The van der Waals surface area contributed by atoms with Crippen LogP contribution in [0.5, 0.6) is 0 Å². The molecule has 0 bridgehead atoms. The molecule has 1 N–H and O–H groups in total. The minimum absolute atomic E-state index is 0.175. The summed E-state index contributed by atoms with van der Waals surface area (Å²) in [5.41, 5.74) is 4.88. The van der Waals surface area contributed by atoms with Gasteiger partial charge in [-0.2, -0.15) is 4.72 Å². The maximum Gasteiger partial charge on any atom is 0.324 e. The van der Waals surface area contributed by atoms with Crippen LogP contribution in [0.3, 0.4) is 0 Å². The Labute approximate surface area is 183 Å². The lowest BCUT2D eigenvalue weighted by Crippen LogP contribution is -2.41. The van der Waals surface area contributed by atoms with Gasteiger partial charge >= 0.3 is 5.97 Å². The van der Waals surface area contributed by atoms with Gasteiger partial charge in [-0.25, -0.2) is 8.42 Å². The number of carbonyl (C=O) groups excluding carboxylic acids is 2. The van der Waals surface area contributed by atoms with Crippen LogP contribution in [0.4, 0.5) is 5.69 Å². The first kappa shape index (κ1) is 23.0. The van der Waals surface area contributed by atoms with Crippen LogP contribution in [0.25, 0.3) is 0 Å². The summed E-state index contributed by atoms with van der Waals surface area (Å²) in [6.07, 6.45) is 0.751. The molecule has 1 aliphatic rings. The van der Waals surface area contributed by atoms with Crippen LogP contribution in [0, 0.1) is 27.7 Å². The quantitative estimate of drug-likeness (QED) is 0.692. The van der Waals surface area contributed by atoms with E-state index in [4.69, 9.17) is 4.74 Å². The molecule has 0 spiro atoms. The summed E-state index contributed by atoms with van der Waals surface area (Å²) in [7, 11) is -3.95. The van der Waals surface area contributed by atoms with Crippen LogP contribution in [0.15, 0.2) is 35.2 Å². The van der Waals surface area contributed by atoms with E-state index < -0.39 is 28.6 Å². The minimum atomic E-state index is -3.95. The Morgan fingerprint density at radius 2 is 1.71 bits per heavy atom. The van der Waals surface area contributed by atoms with Gasteiger partial charge in [0, 0.05) is 12.2 Å². The molecule has 1 heterocycles. The number of rotatable bonds is 6. The number of carbonyl (C=O) groups is 2. The molecule has 0 fully saturated rings. The van der Waals surface area contributed by atoms with Gasteiger partial charge in [-0.1, -0.05) is 24.3 Å². The smallest absolute Gasteiger partial charge is 0.324 e. The van der Waals surface area contributed by atoms with E-state index in [1.807, 2.05) is 44.2 Å². The fraction of sp³-hybridized carbons (Fsp3) is 0.391. The lowest BCUT2D eigenvalue weighted by atomic mass is 10.0. The first-order valence-corrected chi connectivity index (χ1v) is 11.7. The van der Waals surface area contributed by atoms with Gasteiger partial charge in [-0.3, -0.25) is 9.59 Å². The topological polar surface area (TPSA) is 92.8 Å². The van der Waals surface area contributed by atoms with Crippen LogP contribution in [0.1, 0.15) is 34.7 Å². The standard InChI is InChI=1S/C23H28N2O5S/c1-14-12-15(2)17(4)22(16(14)3)31(28,29)24-18(5)23(27)30-13-21(26)25-11-10-19-8-6-7-9-20(19)25/h6-9,12,18,24H,10-11,13H2,1-5H3/t18-/m1/s1. The number of hydrogen-bond donors (Lipinski definition) is 1. The predicted molar refractivity (Wildman–Crippen MR) is 119 cm³/mol. The molecule has 7 nitrogen and oxygen atoms in total. The van der Waals surface area contributed by atoms with Crippen molar-refractivity contribution in [2.45, 2.75) is 52.0 Å². The Balaban J connectivity index is 1.66. The van der Waals surface area contributed by atoms with E-state index in [-0.39, 0.29) is 10.8 Å². The summed E-state index contributed by atoms with van der Waals surface area (Å²) >= 11 is 0. The molecule has 1 amide bonds. The van der Waals surface area contributed by atoms with E-state index in [0.717, 1.165) is 28.8 Å². The van der Waals surface area contributed by atoms with Crippen LogP contribution < -0.4 is 9.62 Å². The number of fused-ring (bicyclic) bond motifs is 1. The van der Waals surface area contributed by atoms with Crippen LogP contribution >= 0.6 is 0 Å². The van der Waals surface area contributed by atoms with Gasteiger partial charge < -0.3 is 9.64 Å². The molecule has 1 atom stereocenters. The van der Waals surface area contributed by atoms with Crippen LogP contribution in [-0.4, -0.2) is 39.5 Å². The third-order valence-electron chi connectivity index (χ3n) is 5.78. The number of sulfonamides is 1. The summed E-state index contributed by atoms with van der Waals surface area (Å²) in [4.78, 5) is 26.7. The molecule has 2 aromatic rings. The number of nitrogens with one attached hydrogen (secondary N) is 1. The summed E-state index contributed by atoms with van der Waals surface area (Å²) in [6.45, 7) is 8.67. The van der Waals surface area contributed by atoms with Gasteiger partial charge in [0.05, 0.1) is 4.90 Å². The van der Waals surface area contributed by atoms with E-state index in [1.165, 1.54) is 6.92 Å². The van der Waals surface area contributed by atoms with Gasteiger partial charge in [0.15, 0.2) is 6.61 Å². The highest BCUT2D eigenvalue weighted by Gasteiger charge is 2.29. The van der Waals surface area contributed by atoms with Gasteiger partial charge in [0.2, 0.25) is 10.0 Å². The minimum Gasteiger partial charge on any atom is -0.454 e. The van der Waals surface area contributed by atoms with Gasteiger partial charge in [-0.05, 0) is 74.9 Å². The van der Waals surface area contributed by atoms with E-state index in [0.29, 0.717) is 17.7 Å². The molecule has 0 aliphatic carbocycles. The highest BCUT2D eigenvalue weighted by Crippen LogP contribution is 2.28. The van der Waals surface area contributed by atoms with Gasteiger partial charge in [-0.15, -0.1) is 0 Å². The molecule has 0 radical (unpaired) electrons. The van der Waals surface area contributed by atoms with E-state index >= 15 is 0 Å². The highest BCUT2D eigenvalue weighted by molar-refractivity contribution is 7.89. The molecule has 2 aromatic carbocycles. The first-order valence-electron chi connectivity index (χ1n) is 10.2. The number of para-hydroxylation sites is 1. The number of nitrogens with zero attached hydrogens (tertiary/aromatic N) is 1. The van der Waals surface area contributed by atoms with Crippen molar-refractivity contribution in [1.82, 2.24) is 4.72 Å². The molecule has 3 rings (SSSR count). The van der Waals surface area contributed by atoms with Crippen molar-refractivity contribution < 1.29 is 22.7 Å². The summed E-state index contributed by atoms with van der Waals surface area (Å²) < 4.78 is 33.5. The zero-order valence-corrected chi connectivity index (χ0v) is 19.3. The molecule has 0 saturated heterocycles. The Bertz CT molecular complexity index is 1110. The molecule has 31 heavy (non-hydrogen) atoms. The Kier molecular flexibility index (Phi) is 6.52. The van der Waals surface area contributed by atoms with Crippen molar-refractivity contribution in [3.63, 3.8) is 0 Å². The molecule has 0 aromatic heterocycles. The maximum atomic E-state index is 13.0. The Morgan fingerprint density at radius 3 is 2.35 bits per heavy atom. The molecule has 8 heteroatoms. The monoisotopic (exact) mass is 444 g/mol. The number of benzene rings is 2. The summed E-state index contributed by atoms with van der Waals surface area (Å²) in [5.74, 6) is -1.14. The lowest BCUT2D eigenvalue weighted by molar-refractivity contribution is -0.149. The zero-order valence-electron chi connectivity index (χ0n) is 18.5. The van der Waals surface area contributed by atoms with Crippen molar-refractivity contribution in [3.8, 4) is 0 Å². The number of aryl methyl sites for hydroxylation is 2. The number of hydrogen-bond acceptors (Lipinski definition) is 5. The number of ether oxygens (including phenoxy) is 1. The predicted octanol–water partition coefficient (Wildman–Crippen LogP) is 2.72. The first-order chi connectivity index (χ1) is 14.5. The van der Waals surface area contributed by atoms with Gasteiger partial charge in [0.1, 0.15) is 6.04 Å². The highest BCUT2D eigenvalue weighted by atomic mass is 32.2. The van der Waals surface area contributed by atoms with E-state index in [2.05, 4.69) is 4.72 Å². The van der Waals surface area contributed by atoms with Crippen LogP contribution in [0.2, 0.25) is 0 Å². The third-order valence-corrected chi connectivity index (χ3v) is 7.59. The maximum absolute atomic E-state index is 13.0. The fourth-order valence-corrected chi connectivity index (χ4v) is 5.66. The van der Waals surface area contributed by atoms with Crippen molar-refractivity contribution >= 4 is 27.6 Å². The second-order valence-corrected chi connectivity index (χ2v) is 9.62. The second-order valence-electron chi connectivity index (χ2n) is 7.96. The normalized spacial score (nSPS) is 14.3. The molecule has 0 unspecified atom stereocenters. The molecular weight excluding hydrogens is 416 g/mol. The summed E-state index contributed by atoms with van der Waals surface area (Å²) in [5, 5.41) is 0. The number of esters is 1. The van der Waals surface area contributed by atoms with Crippen molar-refractivity contribution in [1.29, 1.82) is 0 Å². The molecule has 166 valence electrons. The fourth-order valence-electron chi connectivity index (χ4n) is 3.86. The average Bonchev–Trinajstić information content (AvgIpc) is 3.14. The molecule has 1 aliphatic heterocycles. The lowest BCUT2D eigenvalue weighted by Gasteiger charge is -2.20. The van der Waals surface area contributed by atoms with E-state index in [1.54, 1.807) is 18.7 Å². The second kappa shape index (κ2) is 8.80. The SMILES string of the molecule is Cc1cc(C)c(C)c(S(=O)(=O)N[C@H](C)C(=O)OCC(=O)N2CCc3ccccc32)c1C. The average molecular weight is 445 g/mol. The number of amides is 1. The van der Waals surface area contributed by atoms with Gasteiger partial charge in [0.25, 0.3) is 5.91 Å². The Morgan fingerprint density at radius 1 is 1.10 bits per heavy atom. The van der Waals surface area contributed by atoms with E-state index in [9.17, 15) is 18.0 Å². The zero-order chi connectivity index (χ0) is 22.9. The summed E-state index contributed by atoms with van der Waals surface area (Å²) in [6, 6.07) is 8.38. The van der Waals surface area contributed by atoms with Crippen molar-refractivity contribution in [2.24, 2.45) is 0 Å². The van der Waals surface area contributed by atoms with Crippen LogP contribution in [-0.2, 0) is 30.8 Å². The largest absolute Gasteiger partial charge is 0.454 e.